The van der Waals surface area contributed by atoms with E-state index in [0.717, 1.165) is 0 Å². The minimum atomic E-state index is -0.639. The maximum Gasteiger partial charge on any atom is 0.435 e. The minimum absolute atomic E-state index is 0.233. The Morgan fingerprint density at radius 3 is 2.48 bits per heavy atom. The standard InChI is InChI=1S/C19H22N6O4/c1-11(26)23-16-8-17(21-10-20-16)24-13-6-12-9-22-25(14(12)7-15(13)28-5)18(27)29-19(2,3)4/h6-10H,1-5H3,(H2,20,21,23,24,26). The SMILES string of the molecule is COc1cc2c(cnn2C(=O)OC(C)(C)C)cc1Nc1cc(NC(C)=O)ncn1. The number of hydrogen-bond acceptors (Lipinski definition) is 8. The Bertz CT molecular complexity index is 1070. The summed E-state index contributed by atoms with van der Waals surface area (Å²) in [7, 11) is 1.52. The van der Waals surface area contributed by atoms with Crippen LogP contribution in [0, 0.1) is 0 Å². The maximum atomic E-state index is 12.4. The zero-order valence-corrected chi connectivity index (χ0v) is 16.8. The molecule has 2 aromatic heterocycles. The Labute approximate surface area is 167 Å². The first-order chi connectivity index (χ1) is 13.7. The van der Waals surface area contributed by atoms with Crippen LogP contribution in [0.2, 0.25) is 0 Å². The van der Waals surface area contributed by atoms with Crippen LogP contribution in [0.15, 0.2) is 30.7 Å². The number of methoxy groups -OCH3 is 1. The molecular formula is C19H22N6O4. The first-order valence-corrected chi connectivity index (χ1v) is 8.82. The summed E-state index contributed by atoms with van der Waals surface area (Å²) >= 11 is 0. The molecule has 0 saturated carbocycles. The van der Waals surface area contributed by atoms with Gasteiger partial charge in [-0.1, -0.05) is 0 Å². The largest absolute Gasteiger partial charge is 0.494 e. The molecule has 0 spiro atoms. The normalized spacial score (nSPS) is 11.2. The van der Waals surface area contributed by atoms with Gasteiger partial charge in [-0.2, -0.15) is 9.78 Å². The average molecular weight is 398 g/mol. The van der Waals surface area contributed by atoms with E-state index in [1.807, 2.05) is 0 Å². The van der Waals surface area contributed by atoms with Gasteiger partial charge in [-0.3, -0.25) is 4.79 Å². The number of nitrogens with zero attached hydrogens (tertiary/aromatic N) is 4. The van der Waals surface area contributed by atoms with Crippen LogP contribution in [-0.2, 0) is 9.53 Å². The van der Waals surface area contributed by atoms with Gasteiger partial charge in [0.05, 0.1) is 24.5 Å². The van der Waals surface area contributed by atoms with Crippen molar-refractivity contribution in [1.29, 1.82) is 0 Å². The molecule has 3 aromatic rings. The van der Waals surface area contributed by atoms with Gasteiger partial charge in [0, 0.05) is 24.4 Å². The van der Waals surface area contributed by atoms with Crippen molar-refractivity contribution >= 4 is 40.2 Å². The topological polar surface area (TPSA) is 120 Å². The number of carbonyl (C=O) groups excluding carboxylic acids is 2. The molecule has 1 amide bonds. The Hall–Kier alpha value is -3.69. The highest BCUT2D eigenvalue weighted by Gasteiger charge is 2.21. The van der Waals surface area contributed by atoms with Gasteiger partial charge >= 0.3 is 6.09 Å². The van der Waals surface area contributed by atoms with Gasteiger partial charge in [0.15, 0.2) is 0 Å². The molecule has 2 heterocycles. The van der Waals surface area contributed by atoms with Crippen molar-refractivity contribution in [2.24, 2.45) is 0 Å². The van der Waals surface area contributed by atoms with Gasteiger partial charge in [-0.05, 0) is 26.8 Å². The second-order valence-electron chi connectivity index (χ2n) is 7.24. The van der Waals surface area contributed by atoms with Crippen LogP contribution in [0.5, 0.6) is 5.75 Å². The number of nitrogens with one attached hydrogen (secondary N) is 2. The van der Waals surface area contributed by atoms with Crippen molar-refractivity contribution in [2.75, 3.05) is 17.7 Å². The van der Waals surface area contributed by atoms with E-state index in [0.29, 0.717) is 34.0 Å². The number of carbonyl (C=O) groups is 2. The van der Waals surface area contributed by atoms with Crippen LogP contribution >= 0.6 is 0 Å². The number of rotatable bonds is 4. The lowest BCUT2D eigenvalue weighted by Gasteiger charge is -2.19. The molecule has 1 aromatic carbocycles. The molecule has 0 bridgehead atoms. The molecule has 0 aliphatic carbocycles. The van der Waals surface area contributed by atoms with Gasteiger partial charge in [0.2, 0.25) is 5.91 Å². The lowest BCUT2D eigenvalue weighted by molar-refractivity contribution is -0.114. The number of aromatic nitrogens is 4. The van der Waals surface area contributed by atoms with Crippen molar-refractivity contribution in [2.45, 2.75) is 33.3 Å². The Balaban J connectivity index is 1.94. The third-order valence-corrected chi connectivity index (χ3v) is 3.69. The van der Waals surface area contributed by atoms with E-state index < -0.39 is 11.7 Å². The van der Waals surface area contributed by atoms with Crippen LogP contribution in [0.3, 0.4) is 0 Å². The number of ether oxygens (including phenoxy) is 2. The Morgan fingerprint density at radius 1 is 1.10 bits per heavy atom. The quantitative estimate of drug-likeness (QED) is 0.687. The summed E-state index contributed by atoms with van der Waals surface area (Å²) in [6.07, 6.45) is 2.32. The molecule has 29 heavy (non-hydrogen) atoms. The van der Waals surface area contributed by atoms with E-state index in [4.69, 9.17) is 9.47 Å². The highest BCUT2D eigenvalue weighted by Crippen LogP contribution is 2.32. The smallest absolute Gasteiger partial charge is 0.435 e. The van der Waals surface area contributed by atoms with Crippen LogP contribution in [0.1, 0.15) is 27.7 Å². The van der Waals surface area contributed by atoms with Crippen molar-refractivity contribution < 1.29 is 19.1 Å². The van der Waals surface area contributed by atoms with E-state index in [-0.39, 0.29) is 5.91 Å². The number of anilines is 3. The predicted octanol–water partition coefficient (Wildman–Crippen LogP) is 3.32. The molecule has 0 aliphatic heterocycles. The molecule has 3 rings (SSSR count). The van der Waals surface area contributed by atoms with Gasteiger partial charge in [-0.25, -0.2) is 14.8 Å². The summed E-state index contributed by atoms with van der Waals surface area (Å²) in [5.74, 6) is 1.07. The first-order valence-electron chi connectivity index (χ1n) is 8.82. The number of benzene rings is 1. The molecule has 2 N–H and O–H groups in total. The van der Waals surface area contributed by atoms with Crippen molar-refractivity contribution in [3.8, 4) is 5.75 Å². The fourth-order valence-corrected chi connectivity index (χ4v) is 2.58. The first kappa shape index (κ1) is 20.1. The second-order valence-corrected chi connectivity index (χ2v) is 7.24. The summed E-state index contributed by atoms with van der Waals surface area (Å²) in [6, 6.07) is 5.06. The summed E-state index contributed by atoms with van der Waals surface area (Å²) in [5, 5.41) is 10.6. The maximum absolute atomic E-state index is 12.4. The summed E-state index contributed by atoms with van der Waals surface area (Å²) in [5.41, 5.74) is 0.513. The van der Waals surface area contributed by atoms with Crippen LogP contribution in [-0.4, -0.2) is 44.5 Å². The van der Waals surface area contributed by atoms with E-state index in [1.165, 1.54) is 25.0 Å². The lowest BCUT2D eigenvalue weighted by atomic mass is 10.2. The van der Waals surface area contributed by atoms with Gasteiger partial charge in [0.25, 0.3) is 0 Å². The van der Waals surface area contributed by atoms with E-state index in [1.54, 1.807) is 45.2 Å². The second kappa shape index (κ2) is 7.74. The summed E-state index contributed by atoms with van der Waals surface area (Å²) < 4.78 is 12.0. The van der Waals surface area contributed by atoms with Crippen molar-refractivity contribution in [1.82, 2.24) is 19.7 Å². The molecule has 10 heteroatoms. The summed E-state index contributed by atoms with van der Waals surface area (Å²) in [4.78, 5) is 31.8. The van der Waals surface area contributed by atoms with E-state index in [9.17, 15) is 9.59 Å². The number of fused-ring (bicyclic) bond motifs is 1. The van der Waals surface area contributed by atoms with E-state index in [2.05, 4.69) is 25.7 Å². The molecule has 10 nitrogen and oxygen atoms in total. The molecule has 0 unspecified atom stereocenters. The Kier molecular flexibility index (Phi) is 5.35. The van der Waals surface area contributed by atoms with Gasteiger partial charge in [0.1, 0.15) is 29.3 Å². The monoisotopic (exact) mass is 398 g/mol. The fraction of sp³-hybridized carbons (Fsp3) is 0.316. The molecule has 0 fully saturated rings. The summed E-state index contributed by atoms with van der Waals surface area (Å²) in [6.45, 7) is 6.76. The van der Waals surface area contributed by atoms with Gasteiger partial charge in [-0.15, -0.1) is 0 Å². The fourth-order valence-electron chi connectivity index (χ4n) is 2.58. The number of hydrogen-bond donors (Lipinski definition) is 2. The van der Waals surface area contributed by atoms with Crippen LogP contribution in [0.4, 0.5) is 22.1 Å². The molecule has 0 atom stereocenters. The highest BCUT2D eigenvalue weighted by atomic mass is 16.6. The number of amides is 1. The highest BCUT2D eigenvalue weighted by molar-refractivity contribution is 5.92. The molecule has 0 radical (unpaired) electrons. The Morgan fingerprint density at radius 2 is 1.83 bits per heavy atom. The molecule has 0 saturated heterocycles. The van der Waals surface area contributed by atoms with Crippen LogP contribution in [0.25, 0.3) is 10.9 Å². The third-order valence-electron chi connectivity index (χ3n) is 3.69. The van der Waals surface area contributed by atoms with Gasteiger partial charge < -0.3 is 20.1 Å². The van der Waals surface area contributed by atoms with Crippen molar-refractivity contribution in [3.05, 3.63) is 30.7 Å². The molecule has 152 valence electrons. The molecular weight excluding hydrogens is 376 g/mol. The average Bonchev–Trinajstić information content (AvgIpc) is 3.02. The van der Waals surface area contributed by atoms with E-state index >= 15 is 0 Å². The third kappa shape index (κ3) is 4.78. The van der Waals surface area contributed by atoms with Crippen LogP contribution < -0.4 is 15.4 Å². The molecule has 0 aliphatic rings. The van der Waals surface area contributed by atoms with Crippen molar-refractivity contribution in [3.63, 3.8) is 0 Å². The minimum Gasteiger partial charge on any atom is -0.494 e. The lowest BCUT2D eigenvalue weighted by Crippen LogP contribution is -2.27. The predicted molar refractivity (Wildman–Crippen MR) is 108 cm³/mol. The zero-order valence-electron chi connectivity index (χ0n) is 16.8. The zero-order chi connectivity index (χ0) is 21.2.